The maximum Gasteiger partial charge on any atom is 0.254 e. The Labute approximate surface area is 127 Å². The number of aromatic nitrogens is 2. The van der Waals surface area contributed by atoms with Crippen LogP contribution in [-0.4, -0.2) is 16.2 Å². The van der Waals surface area contributed by atoms with Crippen LogP contribution in [0.15, 0.2) is 29.4 Å². The number of anilines is 1. The third-order valence-electron chi connectivity index (χ3n) is 3.31. The zero-order valence-corrected chi connectivity index (χ0v) is 11.8. The summed E-state index contributed by atoms with van der Waals surface area (Å²) >= 11 is 0. The molecule has 0 aliphatic rings. The quantitative estimate of drug-likeness (QED) is 0.333. The predicted octanol–water partition coefficient (Wildman–Crippen LogP) is 3.87. The molecule has 0 amide bonds. The van der Waals surface area contributed by atoms with E-state index in [-0.39, 0.29) is 0 Å². The maximum absolute atomic E-state index is 13.5. The topological polar surface area (TPSA) is 53.1 Å². The van der Waals surface area contributed by atoms with Gasteiger partial charge in [0.05, 0.1) is 6.21 Å². The summed E-state index contributed by atoms with van der Waals surface area (Å²) in [5, 5.41) is 4.51. The predicted molar refractivity (Wildman–Crippen MR) is 78.3 cm³/mol. The van der Waals surface area contributed by atoms with Gasteiger partial charge in [-0.1, -0.05) is 18.2 Å². The van der Waals surface area contributed by atoms with Gasteiger partial charge in [0, 0.05) is 22.2 Å². The van der Waals surface area contributed by atoms with Gasteiger partial charge < -0.3 is 4.98 Å². The smallest absolute Gasteiger partial charge is 0.254 e. The van der Waals surface area contributed by atoms with Gasteiger partial charge in [-0.2, -0.15) is 27.6 Å². The number of rotatable bonds is 3. The average molecular weight is 322 g/mol. The zero-order valence-electron chi connectivity index (χ0n) is 11.8. The van der Waals surface area contributed by atoms with Crippen molar-refractivity contribution in [1.29, 1.82) is 0 Å². The second-order valence-corrected chi connectivity index (χ2v) is 4.78. The Morgan fingerprint density at radius 3 is 2.43 bits per heavy atom. The molecule has 8 heteroatoms. The molecular formula is C15H10F4N4. The number of para-hydroxylation sites is 1. The highest BCUT2D eigenvalue weighted by atomic mass is 19.2. The second-order valence-electron chi connectivity index (χ2n) is 4.78. The van der Waals surface area contributed by atoms with Crippen LogP contribution < -0.4 is 5.43 Å². The van der Waals surface area contributed by atoms with Crippen molar-refractivity contribution < 1.29 is 17.6 Å². The first-order chi connectivity index (χ1) is 11.0. The van der Waals surface area contributed by atoms with E-state index in [1.54, 1.807) is 6.92 Å². The molecule has 2 N–H and O–H groups in total. The van der Waals surface area contributed by atoms with Crippen LogP contribution in [0, 0.1) is 30.5 Å². The van der Waals surface area contributed by atoms with Crippen molar-refractivity contribution >= 4 is 22.8 Å². The third-order valence-corrected chi connectivity index (χ3v) is 3.31. The number of aryl methyl sites for hydroxylation is 1. The zero-order chi connectivity index (χ0) is 16.6. The van der Waals surface area contributed by atoms with Gasteiger partial charge >= 0.3 is 0 Å². The van der Waals surface area contributed by atoms with Gasteiger partial charge in [0.25, 0.3) is 11.9 Å². The van der Waals surface area contributed by atoms with Crippen molar-refractivity contribution in [3.05, 3.63) is 59.1 Å². The Hall–Kier alpha value is -2.90. The number of nitrogens with zero attached hydrogens (tertiary/aromatic N) is 2. The van der Waals surface area contributed by atoms with Gasteiger partial charge in [-0.05, 0) is 13.0 Å². The van der Waals surface area contributed by atoms with Gasteiger partial charge in [0.1, 0.15) is 5.69 Å². The Bertz CT molecular complexity index is 891. The molecule has 118 valence electrons. The van der Waals surface area contributed by atoms with Gasteiger partial charge in [0.2, 0.25) is 11.6 Å². The number of halogens is 4. The molecular weight excluding hydrogens is 312 g/mol. The van der Waals surface area contributed by atoms with Crippen LogP contribution in [0.1, 0.15) is 11.3 Å². The molecule has 0 aliphatic carbocycles. The summed E-state index contributed by atoms with van der Waals surface area (Å²) in [6, 6.07) is 7.38. The molecule has 2 aromatic heterocycles. The number of aromatic amines is 1. The highest BCUT2D eigenvalue weighted by Crippen LogP contribution is 2.23. The van der Waals surface area contributed by atoms with Crippen LogP contribution in [-0.2, 0) is 0 Å². The SMILES string of the molecule is Cc1[nH]c2ccccc2c1/C=N/Nc1c(F)c(F)nc(F)c1F. The number of hydrogen-bond acceptors (Lipinski definition) is 3. The van der Waals surface area contributed by atoms with Crippen molar-refractivity contribution in [2.75, 3.05) is 5.43 Å². The summed E-state index contributed by atoms with van der Waals surface area (Å²) < 4.78 is 52.9. The molecule has 0 saturated carbocycles. The van der Waals surface area contributed by atoms with Gasteiger partial charge in [-0.15, -0.1) is 0 Å². The molecule has 23 heavy (non-hydrogen) atoms. The van der Waals surface area contributed by atoms with Crippen molar-refractivity contribution in [1.82, 2.24) is 9.97 Å². The summed E-state index contributed by atoms with van der Waals surface area (Å²) in [5.41, 5.74) is 3.27. The molecule has 0 spiro atoms. The minimum Gasteiger partial charge on any atom is -0.358 e. The number of hydrazone groups is 1. The Balaban J connectivity index is 1.94. The first kappa shape index (κ1) is 15.0. The first-order valence-electron chi connectivity index (χ1n) is 6.55. The molecule has 0 fully saturated rings. The van der Waals surface area contributed by atoms with Crippen LogP contribution in [0.25, 0.3) is 10.9 Å². The van der Waals surface area contributed by atoms with Crippen LogP contribution >= 0.6 is 0 Å². The maximum atomic E-state index is 13.5. The van der Waals surface area contributed by atoms with E-state index >= 15 is 0 Å². The van der Waals surface area contributed by atoms with Crippen LogP contribution in [0.4, 0.5) is 23.2 Å². The van der Waals surface area contributed by atoms with E-state index in [0.29, 0.717) is 5.56 Å². The number of nitrogens with one attached hydrogen (secondary N) is 2. The molecule has 2 heterocycles. The molecule has 0 atom stereocenters. The van der Waals surface area contributed by atoms with E-state index in [1.165, 1.54) is 6.21 Å². The van der Waals surface area contributed by atoms with Crippen molar-refractivity contribution in [3.63, 3.8) is 0 Å². The Kier molecular flexibility index (Phi) is 3.73. The number of fused-ring (bicyclic) bond motifs is 1. The fraction of sp³-hybridized carbons (Fsp3) is 0.0667. The Morgan fingerprint density at radius 1 is 1.09 bits per heavy atom. The Morgan fingerprint density at radius 2 is 1.74 bits per heavy atom. The fourth-order valence-electron chi connectivity index (χ4n) is 2.21. The number of H-pyrrole nitrogens is 1. The number of hydrogen-bond donors (Lipinski definition) is 2. The molecule has 0 radical (unpaired) electrons. The lowest BCUT2D eigenvalue weighted by molar-refractivity contribution is 0.411. The largest absolute Gasteiger partial charge is 0.358 e. The summed E-state index contributed by atoms with van der Waals surface area (Å²) in [6.07, 6.45) is 1.31. The minimum atomic E-state index is -1.75. The number of pyridine rings is 1. The second kappa shape index (κ2) is 5.71. The minimum absolute atomic E-state index is 0.684. The van der Waals surface area contributed by atoms with E-state index in [0.717, 1.165) is 16.6 Å². The van der Waals surface area contributed by atoms with Crippen molar-refractivity contribution in [2.24, 2.45) is 5.10 Å². The molecule has 0 bridgehead atoms. The number of benzene rings is 1. The lowest BCUT2D eigenvalue weighted by atomic mass is 10.1. The summed E-state index contributed by atoms with van der Waals surface area (Å²) in [6.45, 7) is 1.80. The lowest BCUT2D eigenvalue weighted by Gasteiger charge is -2.04. The molecule has 3 rings (SSSR count). The van der Waals surface area contributed by atoms with Crippen molar-refractivity contribution in [3.8, 4) is 0 Å². The monoisotopic (exact) mass is 322 g/mol. The fourth-order valence-corrected chi connectivity index (χ4v) is 2.21. The molecule has 0 saturated heterocycles. The molecule has 3 aromatic rings. The van der Waals surface area contributed by atoms with E-state index in [1.807, 2.05) is 29.7 Å². The average Bonchev–Trinajstić information content (AvgIpc) is 2.84. The third kappa shape index (κ3) is 2.63. The summed E-state index contributed by atoms with van der Waals surface area (Å²) in [7, 11) is 0. The lowest BCUT2D eigenvalue weighted by Crippen LogP contribution is -2.05. The van der Waals surface area contributed by atoms with Crippen LogP contribution in [0.2, 0.25) is 0 Å². The van der Waals surface area contributed by atoms with Gasteiger partial charge in [-0.3, -0.25) is 5.43 Å². The van der Waals surface area contributed by atoms with E-state index < -0.39 is 29.2 Å². The van der Waals surface area contributed by atoms with E-state index in [9.17, 15) is 17.6 Å². The van der Waals surface area contributed by atoms with E-state index in [4.69, 9.17) is 0 Å². The van der Waals surface area contributed by atoms with Crippen molar-refractivity contribution in [2.45, 2.75) is 6.92 Å². The highest BCUT2D eigenvalue weighted by Gasteiger charge is 2.20. The normalized spacial score (nSPS) is 11.5. The van der Waals surface area contributed by atoms with Gasteiger partial charge in [0.15, 0.2) is 0 Å². The standard InChI is InChI=1S/C15H10F4N4/c1-7-9(8-4-2-3-5-10(8)21-7)6-20-23-13-11(16)14(18)22-15(19)12(13)17/h2-6,21H,1H3,(H,22,23)/b20-6+. The molecule has 0 aliphatic heterocycles. The van der Waals surface area contributed by atoms with E-state index in [2.05, 4.69) is 15.1 Å². The van der Waals surface area contributed by atoms with Crippen LogP contribution in [0.3, 0.4) is 0 Å². The van der Waals surface area contributed by atoms with Crippen LogP contribution in [0.5, 0.6) is 0 Å². The first-order valence-corrected chi connectivity index (χ1v) is 6.55. The molecule has 1 aromatic carbocycles. The van der Waals surface area contributed by atoms with Gasteiger partial charge in [-0.25, -0.2) is 0 Å². The molecule has 4 nitrogen and oxygen atoms in total. The molecule has 0 unspecified atom stereocenters. The highest BCUT2D eigenvalue weighted by molar-refractivity contribution is 6.00. The summed E-state index contributed by atoms with van der Waals surface area (Å²) in [4.78, 5) is 5.59. The summed E-state index contributed by atoms with van der Waals surface area (Å²) in [5.74, 6) is -6.77.